The van der Waals surface area contributed by atoms with Crippen LogP contribution >= 0.6 is 22.9 Å². The van der Waals surface area contributed by atoms with E-state index in [0.717, 1.165) is 30.0 Å². The lowest BCUT2D eigenvalue weighted by molar-refractivity contribution is 0.0950. The molecule has 0 spiro atoms. The van der Waals surface area contributed by atoms with Crippen molar-refractivity contribution in [3.63, 3.8) is 0 Å². The molecular formula is C19H24ClN3O3S2. The van der Waals surface area contributed by atoms with Crippen molar-refractivity contribution < 1.29 is 13.2 Å². The van der Waals surface area contributed by atoms with Crippen molar-refractivity contribution in [2.24, 2.45) is 0 Å². The highest BCUT2D eigenvalue weighted by Gasteiger charge is 2.28. The van der Waals surface area contributed by atoms with Crippen LogP contribution in [0.1, 0.15) is 60.1 Å². The van der Waals surface area contributed by atoms with Crippen LogP contribution in [-0.2, 0) is 16.6 Å². The maximum absolute atomic E-state index is 12.9. The smallest absolute Gasteiger partial charge is 0.251 e. The number of hydrogen-bond acceptors (Lipinski definition) is 5. The van der Waals surface area contributed by atoms with Crippen molar-refractivity contribution in [1.29, 1.82) is 0 Å². The van der Waals surface area contributed by atoms with Crippen molar-refractivity contribution >= 4 is 38.9 Å². The van der Waals surface area contributed by atoms with Gasteiger partial charge in [0.05, 0.1) is 22.3 Å². The van der Waals surface area contributed by atoms with Crippen molar-refractivity contribution in [3.05, 3.63) is 44.9 Å². The maximum atomic E-state index is 12.9. The molecule has 0 bridgehead atoms. The molecule has 0 atom stereocenters. The number of carbonyl (C=O) groups excluding carboxylic acids is 1. The van der Waals surface area contributed by atoms with Gasteiger partial charge in [-0.2, -0.15) is 4.31 Å². The lowest BCUT2D eigenvalue weighted by Gasteiger charge is -2.26. The molecule has 0 radical (unpaired) electrons. The maximum Gasteiger partial charge on any atom is 0.251 e. The van der Waals surface area contributed by atoms with Crippen LogP contribution in [-0.4, -0.2) is 36.7 Å². The van der Waals surface area contributed by atoms with Gasteiger partial charge >= 0.3 is 0 Å². The van der Waals surface area contributed by atoms with Crippen LogP contribution in [0.25, 0.3) is 0 Å². The Morgan fingerprint density at radius 3 is 2.64 bits per heavy atom. The Morgan fingerprint density at radius 2 is 2.00 bits per heavy atom. The van der Waals surface area contributed by atoms with Crippen LogP contribution in [0.15, 0.2) is 28.5 Å². The van der Waals surface area contributed by atoms with Crippen molar-refractivity contribution in [2.45, 2.75) is 50.5 Å². The van der Waals surface area contributed by atoms with E-state index in [2.05, 4.69) is 24.1 Å². The third kappa shape index (κ3) is 4.74. The standard InChI is InChI=1S/C19H24ClN3O3S2/c1-13(2)19-22-15(12-27-19)11-21-18(24)14-6-7-16(20)17(10-14)28(25,26)23-8-4-3-5-9-23/h6-7,10,12-13H,3-5,8-9,11H2,1-2H3,(H,21,24). The summed E-state index contributed by atoms with van der Waals surface area (Å²) in [6.07, 6.45) is 2.70. The van der Waals surface area contributed by atoms with E-state index in [0.29, 0.717) is 25.6 Å². The summed E-state index contributed by atoms with van der Waals surface area (Å²) in [6, 6.07) is 4.36. The number of benzene rings is 1. The third-order valence-corrected chi connectivity index (χ3v) is 8.19. The summed E-state index contributed by atoms with van der Waals surface area (Å²) in [5.74, 6) is -0.0147. The SMILES string of the molecule is CC(C)c1nc(CNC(=O)c2ccc(Cl)c(S(=O)(=O)N3CCCCC3)c2)cs1. The fourth-order valence-corrected chi connectivity index (χ4v) is 5.88. The molecule has 1 aromatic heterocycles. The number of aromatic nitrogens is 1. The fourth-order valence-electron chi connectivity index (χ4n) is 3.03. The summed E-state index contributed by atoms with van der Waals surface area (Å²) < 4.78 is 27.3. The summed E-state index contributed by atoms with van der Waals surface area (Å²) in [6.45, 7) is 5.39. The first-order chi connectivity index (χ1) is 13.3. The Balaban J connectivity index is 1.75. The zero-order valence-electron chi connectivity index (χ0n) is 15.9. The van der Waals surface area contributed by atoms with Crippen LogP contribution in [0.2, 0.25) is 5.02 Å². The highest BCUT2D eigenvalue weighted by Crippen LogP contribution is 2.28. The summed E-state index contributed by atoms with van der Waals surface area (Å²) in [4.78, 5) is 17.0. The van der Waals surface area contributed by atoms with Gasteiger partial charge < -0.3 is 5.32 Å². The molecule has 1 fully saturated rings. The minimum atomic E-state index is -3.71. The van der Waals surface area contributed by atoms with E-state index in [1.807, 2.05) is 5.38 Å². The first-order valence-corrected chi connectivity index (χ1v) is 12.0. The van der Waals surface area contributed by atoms with Gasteiger partial charge in [-0.1, -0.05) is 31.9 Å². The molecule has 1 saturated heterocycles. The average Bonchev–Trinajstić information content (AvgIpc) is 3.16. The Hall–Kier alpha value is -1.48. The lowest BCUT2D eigenvalue weighted by Crippen LogP contribution is -2.36. The number of halogens is 1. The Kier molecular flexibility index (Phi) is 6.75. The number of sulfonamides is 1. The summed E-state index contributed by atoms with van der Waals surface area (Å²) in [5, 5.41) is 5.87. The quantitative estimate of drug-likeness (QED) is 0.734. The van der Waals surface area contributed by atoms with Crippen molar-refractivity contribution in [2.75, 3.05) is 13.1 Å². The molecule has 9 heteroatoms. The largest absolute Gasteiger partial charge is 0.346 e. The highest BCUT2D eigenvalue weighted by molar-refractivity contribution is 7.89. The summed E-state index contributed by atoms with van der Waals surface area (Å²) in [7, 11) is -3.71. The molecule has 0 saturated carbocycles. The van der Waals surface area contributed by atoms with Gasteiger partial charge in [0.2, 0.25) is 10.0 Å². The Bertz CT molecular complexity index is 951. The molecule has 1 amide bonds. The molecule has 2 aromatic rings. The van der Waals surface area contributed by atoms with Gasteiger partial charge in [0.15, 0.2) is 0 Å². The van der Waals surface area contributed by atoms with Gasteiger partial charge in [-0.3, -0.25) is 4.79 Å². The van der Waals surface area contributed by atoms with E-state index in [9.17, 15) is 13.2 Å². The summed E-state index contributed by atoms with van der Waals surface area (Å²) >= 11 is 7.73. The molecule has 6 nitrogen and oxygen atoms in total. The van der Waals surface area contributed by atoms with E-state index in [-0.39, 0.29) is 21.4 Å². The second-order valence-corrected chi connectivity index (χ2v) is 10.3. The Labute approximate surface area is 175 Å². The average molecular weight is 442 g/mol. The monoisotopic (exact) mass is 441 g/mol. The predicted octanol–water partition coefficient (Wildman–Crippen LogP) is 4.02. The second-order valence-electron chi connectivity index (χ2n) is 7.12. The lowest BCUT2D eigenvalue weighted by atomic mass is 10.2. The number of amides is 1. The normalized spacial score (nSPS) is 15.7. The summed E-state index contributed by atoms with van der Waals surface area (Å²) in [5.41, 5.74) is 1.05. The van der Waals surface area contributed by atoms with E-state index in [4.69, 9.17) is 11.6 Å². The molecule has 0 aliphatic carbocycles. The third-order valence-electron chi connectivity index (χ3n) is 4.62. The van der Waals surface area contributed by atoms with E-state index in [1.54, 1.807) is 11.3 Å². The van der Waals surface area contributed by atoms with Crippen molar-refractivity contribution in [1.82, 2.24) is 14.6 Å². The molecule has 0 unspecified atom stereocenters. The van der Waals surface area contributed by atoms with Crippen LogP contribution in [0.5, 0.6) is 0 Å². The fraction of sp³-hybridized carbons (Fsp3) is 0.474. The minimum absolute atomic E-state index is 0.0144. The predicted molar refractivity (Wildman–Crippen MR) is 111 cm³/mol. The van der Waals surface area contributed by atoms with Gasteiger partial charge in [0.1, 0.15) is 4.90 Å². The van der Waals surface area contributed by atoms with Crippen LogP contribution in [0.3, 0.4) is 0 Å². The van der Waals surface area contributed by atoms with E-state index < -0.39 is 10.0 Å². The molecule has 28 heavy (non-hydrogen) atoms. The molecule has 2 heterocycles. The van der Waals surface area contributed by atoms with Gasteiger partial charge in [-0.15, -0.1) is 11.3 Å². The minimum Gasteiger partial charge on any atom is -0.346 e. The molecule has 3 rings (SSSR count). The molecule has 1 aliphatic heterocycles. The number of piperidine rings is 1. The number of nitrogens with one attached hydrogen (secondary N) is 1. The molecule has 152 valence electrons. The van der Waals surface area contributed by atoms with Gasteiger partial charge in [0, 0.05) is 30.0 Å². The molecule has 1 N–H and O–H groups in total. The number of rotatable bonds is 6. The molecule has 1 aromatic carbocycles. The highest BCUT2D eigenvalue weighted by atomic mass is 35.5. The van der Waals surface area contributed by atoms with E-state index in [1.165, 1.54) is 22.5 Å². The molecular weight excluding hydrogens is 418 g/mol. The topological polar surface area (TPSA) is 79.4 Å². The zero-order valence-corrected chi connectivity index (χ0v) is 18.3. The first-order valence-electron chi connectivity index (χ1n) is 9.31. The van der Waals surface area contributed by atoms with Crippen LogP contribution < -0.4 is 5.32 Å². The molecule has 1 aliphatic rings. The van der Waals surface area contributed by atoms with E-state index >= 15 is 0 Å². The number of carbonyl (C=O) groups is 1. The van der Waals surface area contributed by atoms with Gasteiger partial charge in [-0.25, -0.2) is 13.4 Å². The van der Waals surface area contributed by atoms with Crippen LogP contribution in [0, 0.1) is 0 Å². The number of thiazole rings is 1. The van der Waals surface area contributed by atoms with Gasteiger partial charge in [-0.05, 0) is 31.0 Å². The number of nitrogens with zero attached hydrogens (tertiary/aromatic N) is 2. The van der Waals surface area contributed by atoms with Crippen molar-refractivity contribution in [3.8, 4) is 0 Å². The zero-order chi connectivity index (χ0) is 20.3. The van der Waals surface area contributed by atoms with Gasteiger partial charge in [0.25, 0.3) is 5.91 Å². The number of hydrogen-bond donors (Lipinski definition) is 1. The first kappa shape index (κ1) is 21.2. The Morgan fingerprint density at radius 1 is 1.29 bits per heavy atom. The second kappa shape index (κ2) is 8.90. The van der Waals surface area contributed by atoms with Crippen LogP contribution in [0.4, 0.5) is 0 Å².